The monoisotopic (exact) mass is 212 g/mol. The van der Waals surface area contributed by atoms with Gasteiger partial charge in [0.1, 0.15) is 5.82 Å². The average Bonchev–Trinajstić information content (AvgIpc) is 2.20. The van der Waals surface area contributed by atoms with Crippen molar-refractivity contribution in [1.82, 2.24) is 0 Å². The Morgan fingerprint density at radius 1 is 1.33 bits per heavy atom. The summed E-state index contributed by atoms with van der Waals surface area (Å²) in [5.74, 6) is -1.60. The van der Waals surface area contributed by atoms with Crippen LogP contribution < -0.4 is 10.5 Å². The van der Waals surface area contributed by atoms with Crippen molar-refractivity contribution in [3.8, 4) is 11.8 Å². The van der Waals surface area contributed by atoms with E-state index in [0.29, 0.717) is 12.8 Å². The third-order valence-electron chi connectivity index (χ3n) is 1.74. The van der Waals surface area contributed by atoms with Crippen LogP contribution in [0.5, 0.6) is 5.75 Å². The number of hydrogen-bond acceptors (Lipinski definition) is 3. The Kier molecular flexibility index (Phi) is 3.86. The maximum absolute atomic E-state index is 13.1. The first-order valence-electron chi connectivity index (χ1n) is 4.39. The van der Waals surface area contributed by atoms with Gasteiger partial charge < -0.3 is 10.5 Å². The molecule has 15 heavy (non-hydrogen) atoms. The second-order valence-corrected chi connectivity index (χ2v) is 2.91. The Morgan fingerprint density at radius 3 is 2.73 bits per heavy atom. The normalized spacial score (nSPS) is 9.67. The van der Waals surface area contributed by atoms with Crippen LogP contribution in [-0.4, -0.2) is 6.61 Å². The van der Waals surface area contributed by atoms with Gasteiger partial charge in [-0.1, -0.05) is 0 Å². The van der Waals surface area contributed by atoms with Gasteiger partial charge in [0.05, 0.1) is 18.4 Å². The topological polar surface area (TPSA) is 59.0 Å². The van der Waals surface area contributed by atoms with Crippen LogP contribution >= 0.6 is 0 Å². The summed E-state index contributed by atoms with van der Waals surface area (Å²) >= 11 is 0. The standard InChI is InChI=1S/C10H10F2N2O/c11-7-6-10(8(12)5-9(7)14)15-4-2-1-3-13/h5-6H,1-2,4,14H2. The maximum Gasteiger partial charge on any atom is 0.167 e. The first kappa shape index (κ1) is 11.2. The first-order chi connectivity index (χ1) is 7.15. The number of nitrogens with two attached hydrogens (primary N) is 1. The summed E-state index contributed by atoms with van der Waals surface area (Å²) in [6.45, 7) is 0.174. The number of nitrogens with zero attached hydrogens (tertiary/aromatic N) is 1. The molecule has 0 spiro atoms. The lowest BCUT2D eigenvalue weighted by Crippen LogP contribution is -2.01. The van der Waals surface area contributed by atoms with E-state index in [0.717, 1.165) is 12.1 Å². The van der Waals surface area contributed by atoms with Gasteiger partial charge in [-0.15, -0.1) is 0 Å². The third kappa shape index (κ3) is 3.09. The summed E-state index contributed by atoms with van der Waals surface area (Å²) in [4.78, 5) is 0. The summed E-state index contributed by atoms with van der Waals surface area (Å²) in [6, 6.07) is 3.69. The number of halogens is 2. The van der Waals surface area contributed by atoms with Gasteiger partial charge in [-0.3, -0.25) is 0 Å². The van der Waals surface area contributed by atoms with Crippen molar-refractivity contribution in [3.63, 3.8) is 0 Å². The molecule has 0 saturated carbocycles. The van der Waals surface area contributed by atoms with Crippen molar-refractivity contribution in [3.05, 3.63) is 23.8 Å². The lowest BCUT2D eigenvalue weighted by molar-refractivity contribution is 0.295. The van der Waals surface area contributed by atoms with Gasteiger partial charge in [0.25, 0.3) is 0 Å². The zero-order chi connectivity index (χ0) is 11.3. The smallest absolute Gasteiger partial charge is 0.167 e. The fourth-order valence-electron chi connectivity index (χ4n) is 0.988. The lowest BCUT2D eigenvalue weighted by atomic mass is 10.3. The molecule has 1 aromatic rings. The van der Waals surface area contributed by atoms with Crippen LogP contribution in [0.15, 0.2) is 12.1 Å². The van der Waals surface area contributed by atoms with Crippen molar-refractivity contribution >= 4 is 5.69 Å². The molecule has 0 atom stereocenters. The molecule has 0 unspecified atom stereocenters. The van der Waals surface area contributed by atoms with Crippen LogP contribution in [0.3, 0.4) is 0 Å². The molecule has 0 saturated heterocycles. The molecule has 1 aromatic carbocycles. The molecule has 0 fully saturated rings. The average molecular weight is 212 g/mol. The SMILES string of the molecule is N#CCCCOc1cc(F)c(N)cc1F. The molecule has 80 valence electrons. The summed E-state index contributed by atoms with van der Waals surface area (Å²) in [7, 11) is 0. The largest absolute Gasteiger partial charge is 0.490 e. The summed E-state index contributed by atoms with van der Waals surface area (Å²) in [6.07, 6.45) is 0.793. The Balaban J connectivity index is 2.62. The van der Waals surface area contributed by atoms with E-state index in [1.807, 2.05) is 6.07 Å². The van der Waals surface area contributed by atoms with Gasteiger partial charge in [-0.25, -0.2) is 8.78 Å². The number of nitriles is 1. The quantitative estimate of drug-likeness (QED) is 0.615. The molecule has 0 bridgehead atoms. The molecule has 0 amide bonds. The minimum Gasteiger partial charge on any atom is -0.490 e. The molecule has 1 rings (SSSR count). The zero-order valence-corrected chi connectivity index (χ0v) is 7.96. The molecule has 0 aromatic heterocycles. The molecule has 2 N–H and O–H groups in total. The van der Waals surface area contributed by atoms with Crippen molar-refractivity contribution in [2.24, 2.45) is 0 Å². The Morgan fingerprint density at radius 2 is 2.07 bits per heavy atom. The van der Waals surface area contributed by atoms with Crippen molar-refractivity contribution in [2.45, 2.75) is 12.8 Å². The Bertz CT molecular complexity index is 388. The molecule has 0 aliphatic carbocycles. The van der Waals surface area contributed by atoms with Crippen LogP contribution in [0.2, 0.25) is 0 Å². The molecule has 0 aliphatic heterocycles. The van der Waals surface area contributed by atoms with E-state index in [2.05, 4.69) is 0 Å². The van der Waals surface area contributed by atoms with E-state index in [-0.39, 0.29) is 18.0 Å². The van der Waals surface area contributed by atoms with Gasteiger partial charge in [0.2, 0.25) is 0 Å². The van der Waals surface area contributed by atoms with Gasteiger partial charge in [-0.2, -0.15) is 5.26 Å². The Labute approximate surface area is 86.1 Å². The van der Waals surface area contributed by atoms with Crippen LogP contribution in [-0.2, 0) is 0 Å². The van der Waals surface area contributed by atoms with Crippen molar-refractivity contribution in [2.75, 3.05) is 12.3 Å². The maximum atomic E-state index is 13.1. The summed E-state index contributed by atoms with van der Waals surface area (Å²) in [5, 5.41) is 8.24. The molecular formula is C10H10F2N2O. The van der Waals surface area contributed by atoms with Crippen molar-refractivity contribution < 1.29 is 13.5 Å². The highest BCUT2D eigenvalue weighted by atomic mass is 19.1. The van der Waals surface area contributed by atoms with Gasteiger partial charge in [0, 0.05) is 18.6 Å². The molecule has 5 heteroatoms. The molecule has 0 radical (unpaired) electrons. The number of hydrogen-bond donors (Lipinski definition) is 1. The highest BCUT2D eigenvalue weighted by molar-refractivity contribution is 5.44. The van der Waals surface area contributed by atoms with Crippen molar-refractivity contribution in [1.29, 1.82) is 5.26 Å². The molecule has 0 heterocycles. The van der Waals surface area contributed by atoms with Crippen LogP contribution in [0.25, 0.3) is 0 Å². The zero-order valence-electron chi connectivity index (χ0n) is 7.96. The number of anilines is 1. The lowest BCUT2D eigenvalue weighted by Gasteiger charge is -2.07. The molecule has 0 aliphatic rings. The highest BCUT2D eigenvalue weighted by Gasteiger charge is 2.08. The summed E-state index contributed by atoms with van der Waals surface area (Å²) in [5.41, 5.74) is 4.90. The second kappa shape index (κ2) is 5.15. The molecular weight excluding hydrogens is 202 g/mol. The first-order valence-corrected chi connectivity index (χ1v) is 4.39. The van der Waals surface area contributed by atoms with E-state index in [9.17, 15) is 8.78 Å². The van der Waals surface area contributed by atoms with Gasteiger partial charge >= 0.3 is 0 Å². The number of rotatable bonds is 4. The van der Waals surface area contributed by atoms with E-state index >= 15 is 0 Å². The highest BCUT2D eigenvalue weighted by Crippen LogP contribution is 2.22. The fourth-order valence-corrected chi connectivity index (χ4v) is 0.988. The second-order valence-electron chi connectivity index (χ2n) is 2.91. The minimum absolute atomic E-state index is 0.174. The van der Waals surface area contributed by atoms with E-state index in [1.165, 1.54) is 0 Å². The van der Waals surface area contributed by atoms with E-state index in [4.69, 9.17) is 15.7 Å². The number of nitrogen functional groups attached to an aromatic ring is 1. The molecule has 3 nitrogen and oxygen atoms in total. The van der Waals surface area contributed by atoms with Crippen LogP contribution in [0.1, 0.15) is 12.8 Å². The predicted molar refractivity (Wildman–Crippen MR) is 51.1 cm³/mol. The number of ether oxygens (including phenoxy) is 1. The number of benzene rings is 1. The predicted octanol–water partition coefficient (Wildman–Crippen LogP) is 2.23. The van der Waals surface area contributed by atoms with E-state index < -0.39 is 11.6 Å². The van der Waals surface area contributed by atoms with E-state index in [1.54, 1.807) is 0 Å². The fraction of sp³-hybridized carbons (Fsp3) is 0.300. The summed E-state index contributed by atoms with van der Waals surface area (Å²) < 4.78 is 31.0. The van der Waals surface area contributed by atoms with Gasteiger partial charge in [0.15, 0.2) is 11.6 Å². The number of unbranched alkanes of at least 4 members (excludes halogenated alkanes) is 1. The van der Waals surface area contributed by atoms with Crippen LogP contribution in [0.4, 0.5) is 14.5 Å². The van der Waals surface area contributed by atoms with Gasteiger partial charge in [-0.05, 0) is 6.42 Å². The minimum atomic E-state index is -0.716. The third-order valence-corrected chi connectivity index (χ3v) is 1.74. The Hall–Kier alpha value is -1.83. The van der Waals surface area contributed by atoms with Crippen LogP contribution in [0, 0.1) is 23.0 Å².